The number of nitrogens with zero attached hydrogens (tertiary/aromatic N) is 1. The quantitative estimate of drug-likeness (QED) is 0.866. The highest BCUT2D eigenvalue weighted by atomic mass is 16.5. The second kappa shape index (κ2) is 6.18. The van der Waals surface area contributed by atoms with Crippen LogP contribution in [0.5, 0.6) is 0 Å². The molecule has 0 spiro atoms. The maximum absolute atomic E-state index is 11.2. The van der Waals surface area contributed by atoms with Gasteiger partial charge in [-0.2, -0.15) is 0 Å². The van der Waals surface area contributed by atoms with Gasteiger partial charge in [0.2, 0.25) is 0 Å². The van der Waals surface area contributed by atoms with Crippen molar-refractivity contribution >= 4 is 0 Å². The summed E-state index contributed by atoms with van der Waals surface area (Å²) in [5.74, 6) is 0.275. The Morgan fingerprint density at radius 1 is 0.950 bits per heavy atom. The van der Waals surface area contributed by atoms with Crippen LogP contribution in [0, 0.1) is 5.21 Å². The average Bonchev–Trinajstić information content (AvgIpc) is 2.92. The standard InChI is InChI=1S/C17H19N2O/c20-18-17-13-19(11-14-7-3-1-4-8-14)12-16(17)15-9-5-2-6-10-15/h1-10,16-18H,11-13H2/q-1/t16-,17+/m1/s1. The van der Waals surface area contributed by atoms with Crippen molar-refractivity contribution in [3.8, 4) is 0 Å². The fraction of sp³-hybridized carbons (Fsp3) is 0.294. The zero-order valence-electron chi connectivity index (χ0n) is 11.4. The van der Waals surface area contributed by atoms with Gasteiger partial charge in [0.15, 0.2) is 0 Å². The molecule has 1 saturated heterocycles. The van der Waals surface area contributed by atoms with E-state index in [4.69, 9.17) is 0 Å². The van der Waals surface area contributed by atoms with Crippen LogP contribution in [-0.4, -0.2) is 24.0 Å². The van der Waals surface area contributed by atoms with Crippen LogP contribution < -0.4 is 5.48 Å². The third-order valence-corrected chi connectivity index (χ3v) is 4.02. The minimum atomic E-state index is -0.0129. The zero-order chi connectivity index (χ0) is 13.8. The van der Waals surface area contributed by atoms with Gasteiger partial charge < -0.3 is 10.7 Å². The summed E-state index contributed by atoms with van der Waals surface area (Å²) in [5.41, 5.74) is 4.78. The molecular formula is C17H19N2O-. The van der Waals surface area contributed by atoms with Crippen molar-refractivity contribution in [2.75, 3.05) is 13.1 Å². The van der Waals surface area contributed by atoms with Crippen LogP contribution >= 0.6 is 0 Å². The summed E-state index contributed by atoms with van der Waals surface area (Å²) < 4.78 is 0. The minimum absolute atomic E-state index is 0.0129. The van der Waals surface area contributed by atoms with Gasteiger partial charge >= 0.3 is 0 Å². The lowest BCUT2D eigenvalue weighted by atomic mass is 9.95. The molecule has 1 aliphatic heterocycles. The molecule has 2 aromatic carbocycles. The molecule has 1 aliphatic rings. The molecule has 0 aromatic heterocycles. The molecule has 2 atom stereocenters. The zero-order valence-corrected chi connectivity index (χ0v) is 11.4. The van der Waals surface area contributed by atoms with Gasteiger partial charge in [0.1, 0.15) is 0 Å². The van der Waals surface area contributed by atoms with Crippen LogP contribution in [0.1, 0.15) is 17.0 Å². The van der Waals surface area contributed by atoms with E-state index in [-0.39, 0.29) is 12.0 Å². The van der Waals surface area contributed by atoms with Gasteiger partial charge in [0, 0.05) is 31.6 Å². The van der Waals surface area contributed by atoms with E-state index in [1.807, 2.05) is 24.3 Å². The number of benzene rings is 2. The van der Waals surface area contributed by atoms with Gasteiger partial charge in [-0.15, -0.1) is 0 Å². The van der Waals surface area contributed by atoms with Crippen LogP contribution in [0.2, 0.25) is 0 Å². The largest absolute Gasteiger partial charge is 0.787 e. The molecule has 3 nitrogen and oxygen atoms in total. The van der Waals surface area contributed by atoms with E-state index in [2.05, 4.69) is 46.8 Å². The van der Waals surface area contributed by atoms with Gasteiger partial charge in [-0.05, 0) is 11.1 Å². The summed E-state index contributed by atoms with van der Waals surface area (Å²) in [4.78, 5) is 2.35. The topological polar surface area (TPSA) is 38.3 Å². The smallest absolute Gasteiger partial charge is 0.0234 e. The van der Waals surface area contributed by atoms with E-state index in [9.17, 15) is 5.21 Å². The summed E-state index contributed by atoms with van der Waals surface area (Å²) in [6.07, 6.45) is 0. The Morgan fingerprint density at radius 2 is 1.60 bits per heavy atom. The summed E-state index contributed by atoms with van der Waals surface area (Å²) >= 11 is 0. The predicted molar refractivity (Wildman–Crippen MR) is 81.2 cm³/mol. The molecular weight excluding hydrogens is 248 g/mol. The fourth-order valence-electron chi connectivity index (χ4n) is 3.01. The third kappa shape index (κ3) is 2.90. The van der Waals surface area contributed by atoms with Gasteiger partial charge in [0.05, 0.1) is 0 Å². The Balaban J connectivity index is 1.71. The van der Waals surface area contributed by atoms with E-state index in [1.54, 1.807) is 0 Å². The molecule has 1 heterocycles. The first kappa shape index (κ1) is 13.3. The van der Waals surface area contributed by atoms with E-state index < -0.39 is 0 Å². The van der Waals surface area contributed by atoms with E-state index in [0.717, 1.165) is 19.6 Å². The molecule has 3 heteroatoms. The second-order valence-electron chi connectivity index (χ2n) is 5.42. The Bertz CT molecular complexity index is 529. The van der Waals surface area contributed by atoms with Gasteiger partial charge in [0.25, 0.3) is 0 Å². The first-order valence-corrected chi connectivity index (χ1v) is 7.05. The molecule has 0 saturated carbocycles. The summed E-state index contributed by atoms with van der Waals surface area (Å²) in [7, 11) is 0. The normalized spacial score (nSPS) is 23.1. The minimum Gasteiger partial charge on any atom is -0.787 e. The predicted octanol–water partition coefficient (Wildman–Crippen LogP) is 2.74. The van der Waals surface area contributed by atoms with Gasteiger partial charge in [-0.25, -0.2) is 0 Å². The number of likely N-dealkylation sites (tertiary alicyclic amines) is 1. The molecule has 0 radical (unpaired) electrons. The number of hydrogen-bond acceptors (Lipinski definition) is 3. The lowest BCUT2D eigenvalue weighted by Gasteiger charge is -2.23. The first-order valence-electron chi connectivity index (χ1n) is 7.05. The highest BCUT2D eigenvalue weighted by Gasteiger charge is 2.31. The molecule has 0 amide bonds. The van der Waals surface area contributed by atoms with Crippen molar-refractivity contribution in [1.29, 1.82) is 0 Å². The maximum Gasteiger partial charge on any atom is 0.0234 e. The van der Waals surface area contributed by atoms with Crippen molar-refractivity contribution < 1.29 is 0 Å². The molecule has 0 bridgehead atoms. The molecule has 1 N–H and O–H groups in total. The molecule has 0 unspecified atom stereocenters. The number of nitrogens with one attached hydrogen (secondary N) is 1. The van der Waals surface area contributed by atoms with Crippen LogP contribution in [-0.2, 0) is 6.54 Å². The monoisotopic (exact) mass is 267 g/mol. The highest BCUT2D eigenvalue weighted by molar-refractivity contribution is 5.24. The molecule has 2 aromatic rings. The SMILES string of the molecule is [O-]N[C@H]1CN(Cc2ccccc2)C[C@@H]1c1ccccc1. The van der Waals surface area contributed by atoms with Crippen LogP contribution in [0.3, 0.4) is 0 Å². The van der Waals surface area contributed by atoms with Crippen molar-refractivity contribution in [3.05, 3.63) is 77.0 Å². The third-order valence-electron chi connectivity index (χ3n) is 4.02. The van der Waals surface area contributed by atoms with Crippen molar-refractivity contribution in [2.24, 2.45) is 0 Å². The fourth-order valence-corrected chi connectivity index (χ4v) is 3.01. The molecule has 0 aliphatic carbocycles. The molecule has 3 rings (SSSR count). The van der Waals surface area contributed by atoms with Crippen molar-refractivity contribution in [2.45, 2.75) is 18.5 Å². The Labute approximate surface area is 119 Å². The van der Waals surface area contributed by atoms with E-state index in [0.29, 0.717) is 0 Å². The van der Waals surface area contributed by atoms with Crippen molar-refractivity contribution in [3.63, 3.8) is 0 Å². The number of hydroxylamine groups is 1. The summed E-state index contributed by atoms with van der Waals surface area (Å²) in [6, 6.07) is 20.7. The van der Waals surface area contributed by atoms with E-state index >= 15 is 0 Å². The molecule has 104 valence electrons. The van der Waals surface area contributed by atoms with Crippen LogP contribution in [0.4, 0.5) is 0 Å². The maximum atomic E-state index is 11.2. The Kier molecular flexibility index (Phi) is 4.11. The Hall–Kier alpha value is -1.68. The van der Waals surface area contributed by atoms with Crippen molar-refractivity contribution in [1.82, 2.24) is 10.4 Å². The van der Waals surface area contributed by atoms with Crippen LogP contribution in [0.15, 0.2) is 60.7 Å². The number of hydrogen-bond donors (Lipinski definition) is 1. The highest BCUT2D eigenvalue weighted by Crippen LogP contribution is 2.28. The first-order chi connectivity index (χ1) is 9.86. The van der Waals surface area contributed by atoms with Crippen LogP contribution in [0.25, 0.3) is 0 Å². The van der Waals surface area contributed by atoms with Gasteiger partial charge in [-0.1, -0.05) is 60.7 Å². The number of rotatable bonds is 4. The summed E-state index contributed by atoms with van der Waals surface area (Å²) in [6.45, 7) is 2.64. The van der Waals surface area contributed by atoms with E-state index in [1.165, 1.54) is 11.1 Å². The molecule has 20 heavy (non-hydrogen) atoms. The average molecular weight is 267 g/mol. The molecule has 1 fully saturated rings. The van der Waals surface area contributed by atoms with Gasteiger partial charge in [-0.3, -0.25) is 4.90 Å². The second-order valence-corrected chi connectivity index (χ2v) is 5.42. The lowest BCUT2D eigenvalue weighted by molar-refractivity contribution is 0.321. The Morgan fingerprint density at radius 3 is 2.25 bits per heavy atom. The lowest BCUT2D eigenvalue weighted by Crippen LogP contribution is -2.31. The summed E-state index contributed by atoms with van der Waals surface area (Å²) in [5, 5.41) is 11.2.